The van der Waals surface area contributed by atoms with E-state index >= 15 is 0 Å². The summed E-state index contributed by atoms with van der Waals surface area (Å²) in [6, 6.07) is 0.220. The molecule has 8 nitrogen and oxygen atoms in total. The van der Waals surface area contributed by atoms with Crippen molar-refractivity contribution in [1.29, 1.82) is 0 Å². The van der Waals surface area contributed by atoms with Crippen molar-refractivity contribution < 1.29 is 9.84 Å². The Kier molecular flexibility index (Phi) is 5.51. The largest absolute Gasteiger partial charge is 0.463 e. The van der Waals surface area contributed by atoms with Crippen molar-refractivity contribution in [2.45, 2.75) is 51.0 Å². The van der Waals surface area contributed by atoms with Gasteiger partial charge in [0.05, 0.1) is 12.2 Å². The molecule has 1 aliphatic rings. The number of nitrogens with zero attached hydrogens (tertiary/aromatic N) is 3. The standard InChI is InChI=1S/C13H24N6O2/c1-2-8-21-12-17-10(16-11(18-12)19-14)15-9-13(20)6-4-3-5-7-13/h20H,2-9,14H2,1H3,(H2,15,16,17,18,19). The van der Waals surface area contributed by atoms with Crippen molar-refractivity contribution in [2.24, 2.45) is 5.84 Å². The highest BCUT2D eigenvalue weighted by Gasteiger charge is 2.29. The predicted octanol–water partition coefficient (Wildman–Crippen LogP) is 1.05. The van der Waals surface area contributed by atoms with Crippen LogP contribution in [0.25, 0.3) is 0 Å². The molecule has 1 aromatic heterocycles. The van der Waals surface area contributed by atoms with E-state index in [-0.39, 0.29) is 12.0 Å². The fourth-order valence-electron chi connectivity index (χ4n) is 2.39. The van der Waals surface area contributed by atoms with E-state index in [1.807, 2.05) is 6.92 Å². The molecule has 0 spiro atoms. The molecule has 0 radical (unpaired) electrons. The summed E-state index contributed by atoms with van der Waals surface area (Å²) < 4.78 is 5.39. The van der Waals surface area contributed by atoms with E-state index in [4.69, 9.17) is 10.6 Å². The van der Waals surface area contributed by atoms with Gasteiger partial charge in [0.15, 0.2) is 0 Å². The van der Waals surface area contributed by atoms with Crippen LogP contribution in [0.3, 0.4) is 0 Å². The first-order chi connectivity index (χ1) is 10.1. The van der Waals surface area contributed by atoms with Gasteiger partial charge in [-0.1, -0.05) is 26.2 Å². The summed E-state index contributed by atoms with van der Waals surface area (Å²) in [7, 11) is 0. The zero-order chi connectivity index (χ0) is 15.1. The number of anilines is 2. The number of hydrogen-bond acceptors (Lipinski definition) is 8. The second-order valence-electron chi connectivity index (χ2n) is 5.40. The normalized spacial score (nSPS) is 17.3. The molecule has 5 N–H and O–H groups in total. The highest BCUT2D eigenvalue weighted by Crippen LogP contribution is 2.28. The van der Waals surface area contributed by atoms with Crippen LogP contribution >= 0.6 is 0 Å². The van der Waals surface area contributed by atoms with Crippen LogP contribution in [-0.2, 0) is 0 Å². The summed E-state index contributed by atoms with van der Waals surface area (Å²) in [6.07, 6.45) is 5.74. The summed E-state index contributed by atoms with van der Waals surface area (Å²) in [6.45, 7) is 2.94. The van der Waals surface area contributed by atoms with E-state index in [2.05, 4.69) is 25.7 Å². The van der Waals surface area contributed by atoms with E-state index in [0.29, 0.717) is 19.1 Å². The Balaban J connectivity index is 2.00. The van der Waals surface area contributed by atoms with E-state index in [0.717, 1.165) is 32.1 Å². The Hall–Kier alpha value is -1.67. The van der Waals surface area contributed by atoms with Crippen LogP contribution < -0.4 is 21.3 Å². The lowest BCUT2D eigenvalue weighted by Crippen LogP contribution is -2.39. The molecule has 8 heteroatoms. The summed E-state index contributed by atoms with van der Waals surface area (Å²) in [4.78, 5) is 12.3. The number of nitrogen functional groups attached to an aromatic ring is 1. The van der Waals surface area contributed by atoms with Crippen LogP contribution in [0.4, 0.5) is 11.9 Å². The van der Waals surface area contributed by atoms with Gasteiger partial charge in [-0.2, -0.15) is 15.0 Å². The molecule has 0 unspecified atom stereocenters. The molecule has 0 aromatic carbocycles. The molecule has 1 heterocycles. The van der Waals surface area contributed by atoms with Gasteiger partial charge in [-0.15, -0.1) is 0 Å². The number of nitrogens with one attached hydrogen (secondary N) is 2. The second-order valence-corrected chi connectivity index (χ2v) is 5.40. The highest BCUT2D eigenvalue weighted by atomic mass is 16.5. The first-order valence-electron chi connectivity index (χ1n) is 7.47. The molecule has 0 amide bonds. The van der Waals surface area contributed by atoms with Crippen molar-refractivity contribution in [3.05, 3.63) is 0 Å². The topological polar surface area (TPSA) is 118 Å². The Labute approximate surface area is 124 Å². The summed E-state index contributed by atoms with van der Waals surface area (Å²) in [5.74, 6) is 5.93. The quantitative estimate of drug-likeness (QED) is 0.435. The van der Waals surface area contributed by atoms with Gasteiger partial charge in [-0.3, -0.25) is 5.43 Å². The van der Waals surface area contributed by atoms with Crippen LogP contribution in [0, 0.1) is 0 Å². The minimum absolute atomic E-state index is 0.220. The number of hydrogen-bond donors (Lipinski definition) is 4. The summed E-state index contributed by atoms with van der Waals surface area (Å²) in [5, 5.41) is 13.5. The molecule has 1 aromatic rings. The van der Waals surface area contributed by atoms with Crippen molar-refractivity contribution in [3.8, 4) is 6.01 Å². The molecular weight excluding hydrogens is 272 g/mol. The molecule has 1 fully saturated rings. The average Bonchev–Trinajstić information content (AvgIpc) is 2.51. The van der Waals surface area contributed by atoms with Crippen LogP contribution in [0.2, 0.25) is 0 Å². The van der Waals surface area contributed by atoms with Crippen LogP contribution in [-0.4, -0.2) is 38.8 Å². The number of hydrazine groups is 1. The molecule has 118 valence electrons. The number of aliphatic hydroxyl groups is 1. The SMILES string of the molecule is CCCOc1nc(NN)nc(NCC2(O)CCCCC2)n1. The number of ether oxygens (including phenoxy) is 1. The van der Waals surface area contributed by atoms with Gasteiger partial charge < -0.3 is 15.2 Å². The van der Waals surface area contributed by atoms with Gasteiger partial charge in [0.1, 0.15) is 0 Å². The van der Waals surface area contributed by atoms with E-state index in [1.54, 1.807) is 0 Å². The van der Waals surface area contributed by atoms with Crippen molar-refractivity contribution in [2.75, 3.05) is 23.9 Å². The predicted molar refractivity (Wildman–Crippen MR) is 79.9 cm³/mol. The molecule has 2 rings (SSSR count). The fraction of sp³-hybridized carbons (Fsp3) is 0.769. The van der Waals surface area contributed by atoms with Gasteiger partial charge in [0, 0.05) is 6.54 Å². The third-order valence-corrected chi connectivity index (χ3v) is 3.54. The zero-order valence-corrected chi connectivity index (χ0v) is 12.4. The van der Waals surface area contributed by atoms with Crippen molar-refractivity contribution in [3.63, 3.8) is 0 Å². The summed E-state index contributed by atoms with van der Waals surface area (Å²) in [5.41, 5.74) is 1.70. The van der Waals surface area contributed by atoms with Gasteiger partial charge in [0.2, 0.25) is 11.9 Å². The molecule has 0 atom stereocenters. The molecule has 1 saturated carbocycles. The van der Waals surface area contributed by atoms with E-state index in [1.165, 1.54) is 6.42 Å². The van der Waals surface area contributed by atoms with Crippen LogP contribution in [0.1, 0.15) is 45.4 Å². The maximum absolute atomic E-state index is 10.5. The Morgan fingerprint density at radius 3 is 2.57 bits per heavy atom. The molecule has 1 aliphatic carbocycles. The minimum atomic E-state index is -0.689. The lowest BCUT2D eigenvalue weighted by atomic mass is 9.85. The average molecular weight is 296 g/mol. The Morgan fingerprint density at radius 2 is 1.90 bits per heavy atom. The third-order valence-electron chi connectivity index (χ3n) is 3.54. The third kappa shape index (κ3) is 4.68. The molecule has 0 bridgehead atoms. The molecule has 21 heavy (non-hydrogen) atoms. The monoisotopic (exact) mass is 296 g/mol. The first kappa shape index (κ1) is 15.7. The van der Waals surface area contributed by atoms with Gasteiger partial charge in [-0.05, 0) is 19.3 Å². The lowest BCUT2D eigenvalue weighted by Gasteiger charge is -2.32. The fourth-order valence-corrected chi connectivity index (χ4v) is 2.39. The minimum Gasteiger partial charge on any atom is -0.463 e. The van der Waals surface area contributed by atoms with Gasteiger partial charge in [0.25, 0.3) is 0 Å². The first-order valence-corrected chi connectivity index (χ1v) is 7.47. The van der Waals surface area contributed by atoms with Crippen LogP contribution in [0.15, 0.2) is 0 Å². The molecular formula is C13H24N6O2. The number of aromatic nitrogens is 3. The maximum Gasteiger partial charge on any atom is 0.323 e. The smallest absolute Gasteiger partial charge is 0.323 e. The Bertz CT molecular complexity index is 450. The van der Waals surface area contributed by atoms with Crippen LogP contribution in [0.5, 0.6) is 6.01 Å². The van der Waals surface area contributed by atoms with Gasteiger partial charge >= 0.3 is 6.01 Å². The number of nitrogens with two attached hydrogens (primary N) is 1. The zero-order valence-electron chi connectivity index (χ0n) is 12.4. The summed E-state index contributed by atoms with van der Waals surface area (Å²) >= 11 is 0. The van der Waals surface area contributed by atoms with E-state index in [9.17, 15) is 5.11 Å². The Morgan fingerprint density at radius 1 is 1.19 bits per heavy atom. The highest BCUT2D eigenvalue weighted by molar-refractivity contribution is 5.35. The lowest BCUT2D eigenvalue weighted by molar-refractivity contribution is 0.0165. The van der Waals surface area contributed by atoms with Crippen molar-refractivity contribution >= 4 is 11.9 Å². The molecule has 0 aliphatic heterocycles. The van der Waals surface area contributed by atoms with Crippen molar-refractivity contribution in [1.82, 2.24) is 15.0 Å². The van der Waals surface area contributed by atoms with E-state index < -0.39 is 5.60 Å². The maximum atomic E-state index is 10.5. The van der Waals surface area contributed by atoms with Gasteiger partial charge in [-0.25, -0.2) is 5.84 Å². The molecule has 0 saturated heterocycles. The second kappa shape index (κ2) is 7.37. The number of rotatable bonds is 7.